The Balaban J connectivity index is 2.00. The monoisotopic (exact) mass is 285 g/mol. The van der Waals surface area contributed by atoms with E-state index in [2.05, 4.69) is 5.32 Å². The van der Waals surface area contributed by atoms with E-state index in [1.54, 1.807) is 0 Å². The summed E-state index contributed by atoms with van der Waals surface area (Å²) in [6.45, 7) is 6.68. The quantitative estimate of drug-likeness (QED) is 0.871. The van der Waals surface area contributed by atoms with E-state index < -0.39 is 0 Å². The van der Waals surface area contributed by atoms with E-state index >= 15 is 0 Å². The third-order valence-corrected chi connectivity index (χ3v) is 3.30. The average molecular weight is 286 g/mol. The SMILES string of the molecule is CC(C)(CO)CNCc1cc(Cl)c2c(c1)OCCO2. The zero-order chi connectivity index (χ0) is 13.9. The maximum absolute atomic E-state index is 9.20. The molecule has 0 spiro atoms. The first-order valence-corrected chi connectivity index (χ1v) is 6.79. The van der Waals surface area contributed by atoms with Crippen LogP contribution in [0.25, 0.3) is 0 Å². The van der Waals surface area contributed by atoms with Gasteiger partial charge in [0.05, 0.1) is 5.02 Å². The third kappa shape index (κ3) is 3.75. The molecule has 2 N–H and O–H groups in total. The molecule has 1 aromatic carbocycles. The van der Waals surface area contributed by atoms with Crippen molar-refractivity contribution in [3.05, 3.63) is 22.7 Å². The molecule has 2 rings (SSSR count). The lowest BCUT2D eigenvalue weighted by atomic mass is 9.95. The summed E-state index contributed by atoms with van der Waals surface area (Å²) in [6.07, 6.45) is 0. The van der Waals surface area contributed by atoms with Gasteiger partial charge in [-0.1, -0.05) is 25.4 Å². The summed E-state index contributed by atoms with van der Waals surface area (Å²) < 4.78 is 11.0. The van der Waals surface area contributed by atoms with E-state index in [1.807, 2.05) is 26.0 Å². The van der Waals surface area contributed by atoms with Gasteiger partial charge in [0.25, 0.3) is 0 Å². The van der Waals surface area contributed by atoms with Crippen LogP contribution in [0.15, 0.2) is 12.1 Å². The molecule has 5 heteroatoms. The number of aliphatic hydroxyl groups is 1. The second-order valence-corrected chi connectivity index (χ2v) is 5.93. The summed E-state index contributed by atoms with van der Waals surface area (Å²) in [5.74, 6) is 1.34. The molecule has 0 aromatic heterocycles. The van der Waals surface area contributed by atoms with Gasteiger partial charge in [0.15, 0.2) is 11.5 Å². The Bertz CT molecular complexity index is 449. The summed E-state index contributed by atoms with van der Waals surface area (Å²) in [4.78, 5) is 0. The molecule has 0 bridgehead atoms. The molecule has 1 aliphatic rings. The summed E-state index contributed by atoms with van der Waals surface area (Å²) in [5.41, 5.74) is 0.917. The number of halogens is 1. The van der Waals surface area contributed by atoms with Crippen molar-refractivity contribution in [3.63, 3.8) is 0 Å². The van der Waals surface area contributed by atoms with Crippen molar-refractivity contribution in [1.82, 2.24) is 5.32 Å². The van der Waals surface area contributed by atoms with Crippen LogP contribution in [0.3, 0.4) is 0 Å². The molecule has 0 unspecified atom stereocenters. The van der Waals surface area contributed by atoms with E-state index in [0.29, 0.717) is 36.3 Å². The van der Waals surface area contributed by atoms with E-state index in [-0.39, 0.29) is 12.0 Å². The fraction of sp³-hybridized carbons (Fsp3) is 0.571. The lowest BCUT2D eigenvalue weighted by Gasteiger charge is -2.23. The summed E-state index contributed by atoms with van der Waals surface area (Å²) in [7, 11) is 0. The highest BCUT2D eigenvalue weighted by Crippen LogP contribution is 2.38. The zero-order valence-electron chi connectivity index (χ0n) is 11.3. The van der Waals surface area contributed by atoms with Crippen LogP contribution in [0, 0.1) is 5.41 Å². The maximum atomic E-state index is 9.20. The molecule has 106 valence electrons. The molecular weight excluding hydrogens is 266 g/mol. The number of hydrogen-bond acceptors (Lipinski definition) is 4. The molecule has 1 aliphatic heterocycles. The number of rotatable bonds is 5. The van der Waals surface area contributed by atoms with Crippen LogP contribution in [0.1, 0.15) is 19.4 Å². The van der Waals surface area contributed by atoms with Crippen molar-refractivity contribution in [1.29, 1.82) is 0 Å². The standard InChI is InChI=1S/C14H20ClNO3/c1-14(2,9-17)8-16-7-10-5-11(15)13-12(6-10)18-3-4-19-13/h5-6,16-17H,3-4,7-9H2,1-2H3. The van der Waals surface area contributed by atoms with Crippen molar-refractivity contribution < 1.29 is 14.6 Å². The fourth-order valence-corrected chi connectivity index (χ4v) is 2.16. The Kier molecular flexibility index (Phi) is 4.55. The van der Waals surface area contributed by atoms with Crippen molar-refractivity contribution >= 4 is 11.6 Å². The molecule has 4 nitrogen and oxygen atoms in total. The first-order chi connectivity index (χ1) is 9.02. The molecule has 1 aromatic rings. The Morgan fingerprint density at radius 3 is 2.79 bits per heavy atom. The van der Waals surface area contributed by atoms with Crippen LogP contribution >= 0.6 is 11.6 Å². The minimum absolute atomic E-state index is 0.127. The highest BCUT2D eigenvalue weighted by Gasteiger charge is 2.18. The van der Waals surface area contributed by atoms with Gasteiger partial charge in [-0.05, 0) is 17.7 Å². The summed E-state index contributed by atoms with van der Waals surface area (Å²) in [5, 5.41) is 13.1. The third-order valence-electron chi connectivity index (χ3n) is 3.02. The van der Waals surface area contributed by atoms with Gasteiger partial charge in [-0.3, -0.25) is 0 Å². The molecule has 19 heavy (non-hydrogen) atoms. The number of benzene rings is 1. The molecule has 0 atom stereocenters. The van der Waals surface area contributed by atoms with E-state index in [0.717, 1.165) is 12.1 Å². The molecule has 0 fully saturated rings. The number of hydrogen-bond donors (Lipinski definition) is 2. The van der Waals surface area contributed by atoms with E-state index in [9.17, 15) is 5.11 Å². The minimum Gasteiger partial charge on any atom is -0.486 e. The smallest absolute Gasteiger partial charge is 0.179 e. The number of aliphatic hydroxyl groups excluding tert-OH is 1. The first kappa shape index (κ1) is 14.4. The van der Waals surface area contributed by atoms with Gasteiger partial charge in [-0.2, -0.15) is 0 Å². The van der Waals surface area contributed by atoms with E-state index in [1.165, 1.54) is 0 Å². The van der Waals surface area contributed by atoms with Crippen molar-refractivity contribution in [2.75, 3.05) is 26.4 Å². The molecule has 0 radical (unpaired) electrons. The second-order valence-electron chi connectivity index (χ2n) is 5.53. The van der Waals surface area contributed by atoms with Gasteiger partial charge in [-0.15, -0.1) is 0 Å². The van der Waals surface area contributed by atoms with Gasteiger partial charge in [0.2, 0.25) is 0 Å². The van der Waals surface area contributed by atoms with Crippen molar-refractivity contribution in [2.45, 2.75) is 20.4 Å². The lowest BCUT2D eigenvalue weighted by Crippen LogP contribution is -2.31. The highest BCUT2D eigenvalue weighted by atomic mass is 35.5. The molecule has 0 amide bonds. The van der Waals surface area contributed by atoms with Crippen molar-refractivity contribution in [3.8, 4) is 11.5 Å². The average Bonchev–Trinajstić information content (AvgIpc) is 2.39. The van der Waals surface area contributed by atoms with Crippen LogP contribution in [0.4, 0.5) is 0 Å². The van der Waals surface area contributed by atoms with Crippen LogP contribution in [-0.4, -0.2) is 31.5 Å². The number of nitrogens with one attached hydrogen (secondary N) is 1. The van der Waals surface area contributed by atoms with Crippen LogP contribution < -0.4 is 14.8 Å². The normalized spacial score (nSPS) is 14.5. The number of ether oxygens (including phenoxy) is 2. The van der Waals surface area contributed by atoms with Crippen molar-refractivity contribution in [2.24, 2.45) is 5.41 Å². The fourth-order valence-electron chi connectivity index (χ4n) is 1.87. The first-order valence-electron chi connectivity index (χ1n) is 6.41. The summed E-state index contributed by atoms with van der Waals surface area (Å²) in [6, 6.07) is 3.83. The van der Waals surface area contributed by atoms with Gasteiger partial charge in [0.1, 0.15) is 13.2 Å². The predicted molar refractivity (Wildman–Crippen MR) is 75.0 cm³/mol. The minimum atomic E-state index is -0.127. The number of fused-ring (bicyclic) bond motifs is 1. The van der Waals surface area contributed by atoms with Crippen LogP contribution in [-0.2, 0) is 6.54 Å². The molecule has 0 aliphatic carbocycles. The Morgan fingerprint density at radius 1 is 1.32 bits per heavy atom. The summed E-state index contributed by atoms with van der Waals surface area (Å²) >= 11 is 6.17. The van der Waals surface area contributed by atoms with Crippen LogP contribution in [0.2, 0.25) is 5.02 Å². The van der Waals surface area contributed by atoms with Gasteiger partial charge < -0.3 is 19.9 Å². The molecular formula is C14H20ClNO3. The lowest BCUT2D eigenvalue weighted by molar-refractivity contribution is 0.156. The van der Waals surface area contributed by atoms with Crippen LogP contribution in [0.5, 0.6) is 11.5 Å². The molecule has 0 saturated carbocycles. The van der Waals surface area contributed by atoms with E-state index in [4.69, 9.17) is 21.1 Å². The maximum Gasteiger partial charge on any atom is 0.179 e. The van der Waals surface area contributed by atoms with Gasteiger partial charge >= 0.3 is 0 Å². The predicted octanol–water partition coefficient (Wildman–Crippen LogP) is 2.22. The second kappa shape index (κ2) is 5.99. The molecule has 0 saturated heterocycles. The Labute approximate surface area is 118 Å². The highest BCUT2D eigenvalue weighted by molar-refractivity contribution is 6.32. The Hall–Kier alpha value is -0.970. The largest absolute Gasteiger partial charge is 0.486 e. The zero-order valence-corrected chi connectivity index (χ0v) is 12.1. The van der Waals surface area contributed by atoms with Gasteiger partial charge in [-0.25, -0.2) is 0 Å². The molecule has 1 heterocycles. The Morgan fingerprint density at radius 2 is 2.05 bits per heavy atom. The topological polar surface area (TPSA) is 50.7 Å². The van der Waals surface area contributed by atoms with Gasteiger partial charge in [0, 0.05) is 25.1 Å².